The fraction of sp³-hybridized carbons (Fsp3) is 0.571. The van der Waals surface area contributed by atoms with Crippen molar-refractivity contribution in [2.45, 2.75) is 31.2 Å². The molecule has 0 saturated carbocycles. The van der Waals surface area contributed by atoms with Gasteiger partial charge in [0.1, 0.15) is 0 Å². The average Bonchev–Trinajstić information content (AvgIpc) is 2.78. The zero-order chi connectivity index (χ0) is 17.4. The Morgan fingerprint density at radius 3 is 2.48 bits per heavy atom. The lowest BCUT2D eigenvalue weighted by molar-refractivity contribution is 0.307. The van der Waals surface area contributed by atoms with Crippen molar-refractivity contribution in [3.63, 3.8) is 0 Å². The lowest BCUT2D eigenvalue weighted by Crippen LogP contribution is -2.43. The highest BCUT2D eigenvalue weighted by Crippen LogP contribution is 2.32. The molecule has 0 aliphatic carbocycles. The third kappa shape index (κ3) is 4.56. The van der Waals surface area contributed by atoms with Crippen molar-refractivity contribution < 1.29 is 16.8 Å². The molecule has 1 heterocycles. The standard InChI is InChI=1S/C14H19Br2NO4S2/c1-10(2)8-17(12-5-6-22(18,19)9-12)23(20,21)14-7-11(15)3-4-13(14)16/h3-4,7,10,12H,5-6,8-9H2,1-2H3/t12-/m1/s1. The van der Waals surface area contributed by atoms with Crippen molar-refractivity contribution >= 4 is 51.7 Å². The van der Waals surface area contributed by atoms with Gasteiger partial charge in [-0.05, 0) is 46.5 Å². The van der Waals surface area contributed by atoms with E-state index in [2.05, 4.69) is 31.9 Å². The second-order valence-corrected chi connectivity index (χ2v) is 12.0. The highest BCUT2D eigenvalue weighted by atomic mass is 79.9. The van der Waals surface area contributed by atoms with Gasteiger partial charge >= 0.3 is 0 Å². The maximum atomic E-state index is 13.1. The molecule has 9 heteroatoms. The minimum Gasteiger partial charge on any atom is -0.229 e. The summed E-state index contributed by atoms with van der Waals surface area (Å²) >= 11 is 6.58. The van der Waals surface area contributed by atoms with Gasteiger partial charge < -0.3 is 0 Å². The fourth-order valence-electron chi connectivity index (χ4n) is 2.61. The topological polar surface area (TPSA) is 71.5 Å². The first kappa shape index (κ1) is 19.4. The maximum absolute atomic E-state index is 13.1. The Morgan fingerprint density at radius 2 is 1.96 bits per heavy atom. The zero-order valence-electron chi connectivity index (χ0n) is 12.9. The number of hydrogen-bond donors (Lipinski definition) is 0. The first-order chi connectivity index (χ1) is 10.5. The number of halogens is 2. The number of rotatable bonds is 5. The van der Waals surface area contributed by atoms with Crippen LogP contribution in [0.4, 0.5) is 0 Å². The van der Waals surface area contributed by atoms with Crippen molar-refractivity contribution in [3.05, 3.63) is 27.1 Å². The summed E-state index contributed by atoms with van der Waals surface area (Å²) in [5.74, 6) is 0.0328. The van der Waals surface area contributed by atoms with Crippen LogP contribution in [0.1, 0.15) is 20.3 Å². The summed E-state index contributed by atoms with van der Waals surface area (Å²) in [6, 6.07) is 4.44. The highest BCUT2D eigenvalue weighted by molar-refractivity contribution is 9.11. The summed E-state index contributed by atoms with van der Waals surface area (Å²) < 4.78 is 52.3. The molecular formula is C14H19Br2NO4S2. The van der Waals surface area contributed by atoms with E-state index in [1.807, 2.05) is 13.8 Å². The van der Waals surface area contributed by atoms with E-state index in [9.17, 15) is 16.8 Å². The zero-order valence-corrected chi connectivity index (χ0v) is 17.7. The Bertz CT molecular complexity index is 791. The van der Waals surface area contributed by atoms with Gasteiger partial charge in [-0.1, -0.05) is 29.8 Å². The van der Waals surface area contributed by atoms with Gasteiger partial charge in [-0.15, -0.1) is 0 Å². The largest absolute Gasteiger partial charge is 0.244 e. The number of hydrogen-bond acceptors (Lipinski definition) is 4. The Balaban J connectivity index is 2.47. The van der Waals surface area contributed by atoms with Gasteiger partial charge in [0, 0.05) is 21.5 Å². The maximum Gasteiger partial charge on any atom is 0.244 e. The smallest absolute Gasteiger partial charge is 0.229 e. The minimum atomic E-state index is -3.79. The van der Waals surface area contributed by atoms with Crippen molar-refractivity contribution in [2.75, 3.05) is 18.1 Å². The summed E-state index contributed by atoms with van der Waals surface area (Å²) in [6.45, 7) is 4.13. The van der Waals surface area contributed by atoms with E-state index in [1.165, 1.54) is 10.4 Å². The van der Waals surface area contributed by atoms with Gasteiger partial charge in [0.05, 0.1) is 16.4 Å². The van der Waals surface area contributed by atoms with Crippen LogP contribution in [-0.2, 0) is 19.9 Å². The van der Waals surface area contributed by atoms with E-state index >= 15 is 0 Å². The molecule has 130 valence electrons. The Labute approximate surface area is 154 Å². The van der Waals surface area contributed by atoms with Crippen LogP contribution in [0.2, 0.25) is 0 Å². The third-order valence-electron chi connectivity index (χ3n) is 3.64. The molecule has 0 unspecified atom stereocenters. The number of benzene rings is 1. The van der Waals surface area contributed by atoms with Gasteiger partial charge in [0.2, 0.25) is 10.0 Å². The first-order valence-corrected chi connectivity index (χ1v) is 12.0. The van der Waals surface area contributed by atoms with Gasteiger partial charge in [-0.25, -0.2) is 16.8 Å². The summed E-state index contributed by atoms with van der Waals surface area (Å²) in [5, 5.41) is 0. The lowest BCUT2D eigenvalue weighted by Gasteiger charge is -2.29. The Morgan fingerprint density at radius 1 is 1.30 bits per heavy atom. The van der Waals surface area contributed by atoms with Crippen LogP contribution in [0.15, 0.2) is 32.0 Å². The molecule has 0 N–H and O–H groups in total. The second kappa shape index (κ2) is 7.11. The van der Waals surface area contributed by atoms with E-state index in [-0.39, 0.29) is 22.3 Å². The van der Waals surface area contributed by atoms with Crippen LogP contribution >= 0.6 is 31.9 Å². The van der Waals surface area contributed by atoms with Crippen LogP contribution in [0.5, 0.6) is 0 Å². The number of sulfonamides is 1. The summed E-state index contributed by atoms with van der Waals surface area (Å²) in [7, 11) is -6.96. The van der Waals surface area contributed by atoms with E-state index < -0.39 is 25.9 Å². The van der Waals surface area contributed by atoms with E-state index in [4.69, 9.17) is 0 Å². The van der Waals surface area contributed by atoms with E-state index in [0.717, 1.165) is 0 Å². The third-order valence-corrected chi connectivity index (χ3v) is 8.80. The molecule has 0 radical (unpaired) electrons. The molecule has 1 aliphatic heterocycles. The predicted octanol–water partition coefficient (Wildman–Crippen LogP) is 3.05. The molecule has 1 fully saturated rings. The molecular weight excluding hydrogens is 470 g/mol. The summed E-state index contributed by atoms with van der Waals surface area (Å²) in [6.07, 6.45) is 0.347. The predicted molar refractivity (Wildman–Crippen MR) is 97.6 cm³/mol. The summed E-state index contributed by atoms with van der Waals surface area (Å²) in [4.78, 5) is 0.150. The summed E-state index contributed by atoms with van der Waals surface area (Å²) in [5.41, 5.74) is 0. The van der Waals surface area contributed by atoms with Gasteiger partial charge in [-0.2, -0.15) is 4.31 Å². The Hall–Kier alpha value is 0.0400. The molecule has 0 spiro atoms. The van der Waals surface area contributed by atoms with Crippen molar-refractivity contribution in [3.8, 4) is 0 Å². The van der Waals surface area contributed by atoms with E-state index in [1.54, 1.807) is 12.1 Å². The molecule has 5 nitrogen and oxygen atoms in total. The molecule has 2 rings (SSSR count). The van der Waals surface area contributed by atoms with Crippen molar-refractivity contribution in [2.24, 2.45) is 5.92 Å². The average molecular weight is 489 g/mol. The fourth-order valence-corrected chi connectivity index (χ4v) is 7.71. The number of nitrogens with zero attached hydrogens (tertiary/aromatic N) is 1. The SMILES string of the molecule is CC(C)CN([C@@H]1CCS(=O)(=O)C1)S(=O)(=O)c1cc(Br)ccc1Br. The van der Waals surface area contributed by atoms with Crippen LogP contribution in [-0.4, -0.2) is 45.2 Å². The van der Waals surface area contributed by atoms with Crippen molar-refractivity contribution in [1.82, 2.24) is 4.31 Å². The molecule has 1 aromatic carbocycles. The number of sulfone groups is 1. The normalized spacial score (nSPS) is 21.2. The van der Waals surface area contributed by atoms with Gasteiger partial charge in [-0.3, -0.25) is 0 Å². The van der Waals surface area contributed by atoms with Gasteiger partial charge in [0.25, 0.3) is 0 Å². The van der Waals surface area contributed by atoms with Gasteiger partial charge in [0.15, 0.2) is 9.84 Å². The van der Waals surface area contributed by atoms with Crippen LogP contribution in [0.3, 0.4) is 0 Å². The van der Waals surface area contributed by atoms with E-state index in [0.29, 0.717) is 21.9 Å². The molecule has 1 saturated heterocycles. The monoisotopic (exact) mass is 487 g/mol. The minimum absolute atomic E-state index is 0.0431. The molecule has 1 aliphatic rings. The highest BCUT2D eigenvalue weighted by Gasteiger charge is 2.39. The van der Waals surface area contributed by atoms with Crippen LogP contribution < -0.4 is 0 Å². The van der Waals surface area contributed by atoms with Crippen LogP contribution in [0, 0.1) is 5.92 Å². The van der Waals surface area contributed by atoms with Crippen LogP contribution in [0.25, 0.3) is 0 Å². The lowest BCUT2D eigenvalue weighted by atomic mass is 10.2. The molecule has 0 aromatic heterocycles. The Kier molecular flexibility index (Phi) is 5.99. The first-order valence-electron chi connectivity index (χ1n) is 7.20. The van der Waals surface area contributed by atoms with Crippen molar-refractivity contribution in [1.29, 1.82) is 0 Å². The second-order valence-electron chi connectivity index (χ2n) is 6.10. The quantitative estimate of drug-likeness (QED) is 0.638. The molecule has 0 amide bonds. The molecule has 1 aromatic rings. The molecule has 0 bridgehead atoms. The molecule has 23 heavy (non-hydrogen) atoms. The molecule has 1 atom stereocenters.